The van der Waals surface area contributed by atoms with Gasteiger partial charge in [-0.1, -0.05) is 20.8 Å². The Hall–Kier alpha value is -0.650. The number of halogens is 1. The Morgan fingerprint density at radius 1 is 1.38 bits per heavy atom. The average molecular weight is 355 g/mol. The second-order valence-electron chi connectivity index (χ2n) is 5.53. The summed E-state index contributed by atoms with van der Waals surface area (Å²) < 4.78 is 1.05. The zero-order valence-electron chi connectivity index (χ0n) is 13.4. The van der Waals surface area contributed by atoms with Gasteiger partial charge in [0.25, 0.3) is 0 Å². The van der Waals surface area contributed by atoms with Crippen molar-refractivity contribution in [3.63, 3.8) is 0 Å². The van der Waals surface area contributed by atoms with Crippen LogP contribution in [0.25, 0.3) is 0 Å². The highest BCUT2D eigenvalue weighted by Crippen LogP contribution is 2.26. The van der Waals surface area contributed by atoms with Crippen LogP contribution >= 0.6 is 15.9 Å². The molecule has 1 aromatic heterocycles. The minimum absolute atomic E-state index is 0.664. The lowest BCUT2D eigenvalue weighted by atomic mass is 10.2. The van der Waals surface area contributed by atoms with Gasteiger partial charge in [0.15, 0.2) is 0 Å². The molecule has 21 heavy (non-hydrogen) atoms. The third-order valence-corrected chi connectivity index (χ3v) is 4.70. The molecule has 1 aliphatic rings. The molecular formula is C16H27BrN4. The molecule has 0 amide bonds. The first kappa shape index (κ1) is 16.7. The highest BCUT2D eigenvalue weighted by Gasteiger charge is 2.28. The Labute approximate surface area is 137 Å². The van der Waals surface area contributed by atoms with Crippen LogP contribution in [0.2, 0.25) is 0 Å². The topological polar surface area (TPSA) is 31.4 Å². The van der Waals surface area contributed by atoms with Crippen LogP contribution in [0.3, 0.4) is 0 Å². The zero-order valence-corrected chi connectivity index (χ0v) is 15.0. The fraction of sp³-hybridized carbons (Fsp3) is 0.688. The highest BCUT2D eigenvalue weighted by atomic mass is 79.9. The number of aromatic nitrogens is 1. The van der Waals surface area contributed by atoms with Gasteiger partial charge in [-0.2, -0.15) is 0 Å². The van der Waals surface area contributed by atoms with Gasteiger partial charge in [0.2, 0.25) is 0 Å². The molecule has 1 saturated heterocycles. The summed E-state index contributed by atoms with van der Waals surface area (Å²) >= 11 is 3.54. The molecule has 1 atom stereocenters. The van der Waals surface area contributed by atoms with Crippen LogP contribution in [0.15, 0.2) is 16.7 Å². The van der Waals surface area contributed by atoms with E-state index in [9.17, 15) is 0 Å². The summed E-state index contributed by atoms with van der Waals surface area (Å²) in [6.45, 7) is 13.0. The fourth-order valence-corrected chi connectivity index (χ4v) is 3.50. The van der Waals surface area contributed by atoms with Crippen molar-refractivity contribution in [3.05, 3.63) is 22.3 Å². The van der Waals surface area contributed by atoms with E-state index in [0.29, 0.717) is 6.04 Å². The lowest BCUT2D eigenvalue weighted by Gasteiger charge is -2.27. The maximum absolute atomic E-state index is 4.68. The molecule has 1 aliphatic heterocycles. The molecule has 0 spiro atoms. The van der Waals surface area contributed by atoms with Crippen molar-refractivity contribution in [3.8, 4) is 0 Å². The van der Waals surface area contributed by atoms with Crippen molar-refractivity contribution in [1.82, 2.24) is 15.2 Å². The van der Waals surface area contributed by atoms with Gasteiger partial charge >= 0.3 is 0 Å². The number of nitrogens with one attached hydrogen (secondary N) is 1. The van der Waals surface area contributed by atoms with E-state index in [1.54, 1.807) is 0 Å². The smallest absolute Gasteiger partial charge is 0.133 e. The van der Waals surface area contributed by atoms with Gasteiger partial charge in [-0.05, 0) is 48.1 Å². The van der Waals surface area contributed by atoms with Gasteiger partial charge in [0.1, 0.15) is 5.82 Å². The normalized spacial score (nSPS) is 18.7. The van der Waals surface area contributed by atoms with Gasteiger partial charge in [0.05, 0.1) is 0 Å². The molecular weight excluding hydrogens is 328 g/mol. The molecule has 1 N–H and O–H groups in total. The first-order valence-electron chi connectivity index (χ1n) is 8.03. The van der Waals surface area contributed by atoms with Gasteiger partial charge < -0.3 is 10.2 Å². The molecule has 2 heterocycles. The van der Waals surface area contributed by atoms with Crippen LogP contribution in [-0.2, 0) is 6.54 Å². The van der Waals surface area contributed by atoms with E-state index < -0.39 is 0 Å². The van der Waals surface area contributed by atoms with Crippen molar-refractivity contribution in [1.29, 1.82) is 0 Å². The molecule has 0 aromatic carbocycles. The molecule has 0 saturated carbocycles. The summed E-state index contributed by atoms with van der Waals surface area (Å²) in [5, 5.41) is 3.41. The van der Waals surface area contributed by atoms with E-state index in [4.69, 9.17) is 0 Å². The van der Waals surface area contributed by atoms with Crippen LogP contribution in [0, 0.1) is 0 Å². The Kier molecular flexibility index (Phi) is 6.45. The average Bonchev–Trinajstić information content (AvgIpc) is 2.96. The predicted octanol–water partition coefficient (Wildman–Crippen LogP) is 2.87. The van der Waals surface area contributed by atoms with Crippen LogP contribution in [0.5, 0.6) is 0 Å². The summed E-state index contributed by atoms with van der Waals surface area (Å²) in [5.41, 5.74) is 1.28. The Morgan fingerprint density at radius 2 is 2.14 bits per heavy atom. The van der Waals surface area contributed by atoms with Crippen molar-refractivity contribution in [2.75, 3.05) is 37.6 Å². The number of rotatable bonds is 7. The van der Waals surface area contributed by atoms with Crippen LogP contribution in [-0.4, -0.2) is 48.6 Å². The van der Waals surface area contributed by atoms with E-state index in [1.807, 2.05) is 6.20 Å². The summed E-state index contributed by atoms with van der Waals surface area (Å²) in [5.74, 6) is 1.15. The molecule has 118 valence electrons. The number of hydrogen-bond acceptors (Lipinski definition) is 4. The SMILES string of the molecule is CCNCc1cc(Br)cnc1N1CCC(N(CC)CC)C1. The van der Waals surface area contributed by atoms with Crippen molar-refractivity contribution in [2.24, 2.45) is 0 Å². The van der Waals surface area contributed by atoms with Gasteiger partial charge in [0, 0.05) is 41.9 Å². The van der Waals surface area contributed by atoms with E-state index >= 15 is 0 Å². The monoisotopic (exact) mass is 354 g/mol. The summed E-state index contributed by atoms with van der Waals surface area (Å²) in [4.78, 5) is 9.68. The minimum Gasteiger partial charge on any atom is -0.355 e. The van der Waals surface area contributed by atoms with Gasteiger partial charge in [-0.15, -0.1) is 0 Å². The minimum atomic E-state index is 0.664. The van der Waals surface area contributed by atoms with Gasteiger partial charge in [-0.3, -0.25) is 4.90 Å². The van der Waals surface area contributed by atoms with Crippen molar-refractivity contribution in [2.45, 2.75) is 39.8 Å². The molecule has 4 nitrogen and oxygen atoms in total. The number of likely N-dealkylation sites (N-methyl/N-ethyl adjacent to an activating group) is 1. The van der Waals surface area contributed by atoms with Crippen LogP contribution < -0.4 is 10.2 Å². The Balaban J connectivity index is 2.11. The van der Waals surface area contributed by atoms with E-state index in [1.165, 1.54) is 12.0 Å². The Morgan fingerprint density at radius 3 is 2.81 bits per heavy atom. The quantitative estimate of drug-likeness (QED) is 0.815. The molecule has 5 heteroatoms. The number of pyridine rings is 1. The van der Waals surface area contributed by atoms with E-state index in [0.717, 1.165) is 49.6 Å². The number of hydrogen-bond donors (Lipinski definition) is 1. The summed E-state index contributed by atoms with van der Waals surface area (Å²) in [6, 6.07) is 2.85. The fourth-order valence-electron chi connectivity index (χ4n) is 3.12. The van der Waals surface area contributed by atoms with E-state index in [-0.39, 0.29) is 0 Å². The zero-order chi connectivity index (χ0) is 15.2. The van der Waals surface area contributed by atoms with Crippen LogP contribution in [0.4, 0.5) is 5.82 Å². The Bertz CT molecular complexity index is 448. The molecule has 0 aliphatic carbocycles. The molecule has 1 aromatic rings. The second-order valence-corrected chi connectivity index (χ2v) is 6.44. The first-order chi connectivity index (χ1) is 10.2. The van der Waals surface area contributed by atoms with Crippen LogP contribution in [0.1, 0.15) is 32.8 Å². The van der Waals surface area contributed by atoms with E-state index in [2.05, 4.69) is 62.9 Å². The number of anilines is 1. The molecule has 1 unspecified atom stereocenters. The predicted molar refractivity (Wildman–Crippen MR) is 92.9 cm³/mol. The standard InChI is InChI=1S/C16H27BrN4/c1-4-18-10-13-9-14(17)11-19-16(13)21-8-7-15(12-21)20(5-2)6-3/h9,11,15,18H,4-8,10,12H2,1-3H3. The summed E-state index contributed by atoms with van der Waals surface area (Å²) in [6.07, 6.45) is 3.15. The number of nitrogens with zero attached hydrogens (tertiary/aromatic N) is 3. The lowest BCUT2D eigenvalue weighted by Crippen LogP contribution is -2.37. The molecule has 2 rings (SSSR count). The summed E-state index contributed by atoms with van der Waals surface area (Å²) in [7, 11) is 0. The van der Waals surface area contributed by atoms with Gasteiger partial charge in [-0.25, -0.2) is 4.98 Å². The third kappa shape index (κ3) is 4.18. The molecule has 0 radical (unpaired) electrons. The largest absolute Gasteiger partial charge is 0.355 e. The maximum Gasteiger partial charge on any atom is 0.133 e. The molecule has 0 bridgehead atoms. The molecule has 1 fully saturated rings. The second kappa shape index (κ2) is 8.11. The highest BCUT2D eigenvalue weighted by molar-refractivity contribution is 9.10. The third-order valence-electron chi connectivity index (χ3n) is 4.27. The maximum atomic E-state index is 4.68. The first-order valence-corrected chi connectivity index (χ1v) is 8.83. The lowest BCUT2D eigenvalue weighted by molar-refractivity contribution is 0.232. The van der Waals surface area contributed by atoms with Crippen molar-refractivity contribution >= 4 is 21.7 Å². The van der Waals surface area contributed by atoms with Crippen molar-refractivity contribution < 1.29 is 0 Å².